The van der Waals surface area contributed by atoms with Crippen LogP contribution in [0.1, 0.15) is 19.4 Å². The van der Waals surface area contributed by atoms with Gasteiger partial charge in [0.1, 0.15) is 17.2 Å². The largest absolute Gasteiger partial charge is 0.497 e. The molecule has 0 heterocycles. The average molecular weight is 359 g/mol. The number of amides is 2. The zero-order chi connectivity index (χ0) is 18.9. The molecule has 26 heavy (non-hydrogen) atoms. The van der Waals surface area contributed by atoms with Crippen molar-refractivity contribution in [1.29, 1.82) is 0 Å². The van der Waals surface area contributed by atoms with Crippen molar-refractivity contribution in [2.75, 3.05) is 31.4 Å². The molecular weight excluding hydrogens is 334 g/mol. The van der Waals surface area contributed by atoms with Crippen LogP contribution in [-0.2, 0) is 6.54 Å². The number of nitrogens with two attached hydrogens (primary N) is 1. The van der Waals surface area contributed by atoms with E-state index in [1.165, 1.54) is 0 Å². The van der Waals surface area contributed by atoms with Crippen LogP contribution in [0.3, 0.4) is 0 Å². The highest BCUT2D eigenvalue weighted by Crippen LogP contribution is 2.31. The maximum atomic E-state index is 12.2. The summed E-state index contributed by atoms with van der Waals surface area (Å²) in [6.07, 6.45) is 0. The topological polar surface area (TPSA) is 94.8 Å². The van der Waals surface area contributed by atoms with Gasteiger partial charge in [0.15, 0.2) is 0 Å². The quantitative estimate of drug-likeness (QED) is 0.628. The van der Waals surface area contributed by atoms with Gasteiger partial charge in [-0.2, -0.15) is 0 Å². The van der Waals surface area contributed by atoms with Crippen LogP contribution in [0.25, 0.3) is 0 Å². The summed E-state index contributed by atoms with van der Waals surface area (Å²) in [5.41, 5.74) is 7.90. The lowest BCUT2D eigenvalue weighted by Gasteiger charge is -2.15. The van der Waals surface area contributed by atoms with E-state index >= 15 is 0 Å². The summed E-state index contributed by atoms with van der Waals surface area (Å²) in [5.74, 6) is 1.86. The molecule has 0 fully saturated rings. The molecule has 7 heteroatoms. The molecule has 0 bridgehead atoms. The molecule has 0 aromatic heterocycles. The van der Waals surface area contributed by atoms with Gasteiger partial charge in [-0.1, -0.05) is 6.07 Å². The molecule has 0 radical (unpaired) electrons. The SMILES string of the molecule is CCOc1cc(CNC(=O)Nc2cccc(OC)c2)c(OCC)cc1N. The number of methoxy groups -OCH3 is 1. The maximum absolute atomic E-state index is 12.2. The van der Waals surface area contributed by atoms with Gasteiger partial charge in [-0.05, 0) is 32.0 Å². The van der Waals surface area contributed by atoms with Crippen LogP contribution >= 0.6 is 0 Å². The fraction of sp³-hybridized carbons (Fsp3) is 0.316. The van der Waals surface area contributed by atoms with Gasteiger partial charge in [-0.25, -0.2) is 4.79 Å². The van der Waals surface area contributed by atoms with E-state index in [1.807, 2.05) is 13.8 Å². The predicted molar refractivity (Wildman–Crippen MR) is 102 cm³/mol. The molecule has 0 atom stereocenters. The molecule has 0 unspecified atom stereocenters. The third-order valence-electron chi connectivity index (χ3n) is 3.56. The molecule has 0 aliphatic rings. The van der Waals surface area contributed by atoms with Gasteiger partial charge in [0.05, 0.1) is 26.0 Å². The molecule has 0 aliphatic heterocycles. The molecule has 0 spiro atoms. The Morgan fingerprint density at radius 3 is 2.50 bits per heavy atom. The van der Waals surface area contributed by atoms with Crippen molar-refractivity contribution in [1.82, 2.24) is 5.32 Å². The van der Waals surface area contributed by atoms with Crippen molar-refractivity contribution < 1.29 is 19.0 Å². The highest BCUT2D eigenvalue weighted by Gasteiger charge is 2.11. The Kier molecular flexibility index (Phi) is 6.96. The zero-order valence-electron chi connectivity index (χ0n) is 15.3. The first kappa shape index (κ1) is 19.2. The lowest BCUT2D eigenvalue weighted by atomic mass is 10.1. The number of ether oxygens (including phenoxy) is 3. The van der Waals surface area contributed by atoms with Crippen LogP contribution in [0.15, 0.2) is 36.4 Å². The number of hydrogen-bond acceptors (Lipinski definition) is 5. The van der Waals surface area contributed by atoms with Crippen molar-refractivity contribution in [2.24, 2.45) is 0 Å². The molecule has 2 amide bonds. The van der Waals surface area contributed by atoms with Crippen molar-refractivity contribution in [2.45, 2.75) is 20.4 Å². The van der Waals surface area contributed by atoms with E-state index in [9.17, 15) is 4.79 Å². The minimum absolute atomic E-state index is 0.269. The highest BCUT2D eigenvalue weighted by molar-refractivity contribution is 5.89. The standard InChI is InChI=1S/C19H25N3O4/c1-4-25-17-11-16(20)18(26-5-2)9-13(17)12-21-19(23)22-14-7-6-8-15(10-14)24-3/h6-11H,4-5,12,20H2,1-3H3,(H2,21,22,23). The molecule has 140 valence electrons. The molecule has 4 N–H and O–H groups in total. The minimum atomic E-state index is -0.338. The first-order valence-electron chi connectivity index (χ1n) is 8.44. The van der Waals surface area contributed by atoms with Crippen molar-refractivity contribution >= 4 is 17.4 Å². The molecule has 2 aromatic carbocycles. The van der Waals surface area contributed by atoms with E-state index in [-0.39, 0.29) is 12.6 Å². The Labute approximate surface area is 153 Å². The van der Waals surface area contributed by atoms with Gasteiger partial charge in [-0.15, -0.1) is 0 Å². The highest BCUT2D eigenvalue weighted by atomic mass is 16.5. The first-order valence-corrected chi connectivity index (χ1v) is 8.44. The van der Waals surface area contributed by atoms with E-state index in [0.717, 1.165) is 5.56 Å². The fourth-order valence-electron chi connectivity index (χ4n) is 2.38. The summed E-state index contributed by atoms with van der Waals surface area (Å²) in [5, 5.41) is 5.57. The number of carbonyl (C=O) groups is 1. The number of rotatable bonds is 8. The maximum Gasteiger partial charge on any atom is 0.319 e. The van der Waals surface area contributed by atoms with Crippen LogP contribution in [0, 0.1) is 0 Å². The number of nitrogen functional groups attached to an aromatic ring is 1. The summed E-state index contributed by atoms with van der Waals surface area (Å²) in [4.78, 5) is 12.2. The second-order valence-corrected chi connectivity index (χ2v) is 5.40. The van der Waals surface area contributed by atoms with Crippen LogP contribution in [-0.4, -0.2) is 26.4 Å². The van der Waals surface area contributed by atoms with E-state index in [2.05, 4.69) is 10.6 Å². The Hall–Kier alpha value is -3.09. The monoisotopic (exact) mass is 359 g/mol. The molecule has 7 nitrogen and oxygen atoms in total. The molecular formula is C19H25N3O4. The third kappa shape index (κ3) is 5.20. The molecule has 0 saturated carbocycles. The Morgan fingerprint density at radius 1 is 1.08 bits per heavy atom. The lowest BCUT2D eigenvalue weighted by molar-refractivity contribution is 0.251. The molecule has 2 rings (SSSR count). The first-order chi connectivity index (χ1) is 12.6. The number of benzene rings is 2. The Balaban J connectivity index is 2.06. The second kappa shape index (κ2) is 9.41. The van der Waals surface area contributed by atoms with Gasteiger partial charge < -0.3 is 30.6 Å². The summed E-state index contributed by atoms with van der Waals surface area (Å²) < 4.78 is 16.3. The van der Waals surface area contributed by atoms with Gasteiger partial charge in [0, 0.05) is 29.9 Å². The second-order valence-electron chi connectivity index (χ2n) is 5.40. The van der Waals surface area contributed by atoms with Crippen LogP contribution < -0.4 is 30.6 Å². The van der Waals surface area contributed by atoms with Crippen molar-refractivity contribution in [3.8, 4) is 17.2 Å². The van der Waals surface area contributed by atoms with Crippen LogP contribution in [0.2, 0.25) is 0 Å². The van der Waals surface area contributed by atoms with Crippen molar-refractivity contribution in [3.63, 3.8) is 0 Å². The summed E-state index contributed by atoms with van der Waals surface area (Å²) in [6, 6.07) is 10.3. The van der Waals surface area contributed by atoms with E-state index in [1.54, 1.807) is 43.5 Å². The number of urea groups is 1. The normalized spacial score (nSPS) is 10.1. The number of nitrogens with one attached hydrogen (secondary N) is 2. The molecule has 0 aliphatic carbocycles. The van der Waals surface area contributed by atoms with Gasteiger partial charge >= 0.3 is 6.03 Å². The van der Waals surface area contributed by atoms with E-state index in [0.29, 0.717) is 41.8 Å². The van der Waals surface area contributed by atoms with Gasteiger partial charge in [0.25, 0.3) is 0 Å². The number of anilines is 2. The summed E-state index contributed by atoms with van der Waals surface area (Å²) in [6.45, 7) is 5.04. The lowest BCUT2D eigenvalue weighted by Crippen LogP contribution is -2.28. The molecule has 2 aromatic rings. The van der Waals surface area contributed by atoms with Crippen LogP contribution in [0.5, 0.6) is 17.2 Å². The van der Waals surface area contributed by atoms with Crippen LogP contribution in [0.4, 0.5) is 16.2 Å². The average Bonchev–Trinajstić information content (AvgIpc) is 2.63. The van der Waals surface area contributed by atoms with E-state index in [4.69, 9.17) is 19.9 Å². The van der Waals surface area contributed by atoms with Gasteiger partial charge in [-0.3, -0.25) is 0 Å². The predicted octanol–water partition coefficient (Wildman–Crippen LogP) is 3.40. The van der Waals surface area contributed by atoms with Crippen molar-refractivity contribution in [3.05, 3.63) is 42.0 Å². The third-order valence-corrected chi connectivity index (χ3v) is 3.56. The fourth-order valence-corrected chi connectivity index (χ4v) is 2.38. The Bertz CT molecular complexity index is 750. The summed E-state index contributed by atoms with van der Waals surface area (Å²) >= 11 is 0. The minimum Gasteiger partial charge on any atom is -0.497 e. The number of carbonyl (C=O) groups excluding carboxylic acids is 1. The van der Waals surface area contributed by atoms with Gasteiger partial charge in [0.2, 0.25) is 0 Å². The molecule has 0 saturated heterocycles. The number of hydrogen-bond donors (Lipinski definition) is 3. The van der Waals surface area contributed by atoms with E-state index < -0.39 is 0 Å². The Morgan fingerprint density at radius 2 is 1.81 bits per heavy atom. The summed E-state index contributed by atoms with van der Waals surface area (Å²) in [7, 11) is 1.57. The zero-order valence-corrected chi connectivity index (χ0v) is 15.3. The smallest absolute Gasteiger partial charge is 0.319 e.